The molecule has 1 heterocycles. The molecule has 1 aliphatic heterocycles. The van der Waals surface area contributed by atoms with E-state index in [9.17, 15) is 14.4 Å². The number of hydrogen-bond acceptors (Lipinski definition) is 7. The van der Waals surface area contributed by atoms with Crippen LogP contribution >= 0.6 is 0 Å². The highest BCUT2D eigenvalue weighted by Gasteiger charge is 2.20. The number of ether oxygens (including phenoxy) is 4. The molecule has 9 heteroatoms. The van der Waals surface area contributed by atoms with Gasteiger partial charge in [0.25, 0.3) is 5.91 Å². The SMILES string of the molecule is COc1cc(NC(=O)COC(=O)c2ccc(N3CCCCC3=O)cc2)cc(OC)c1OC. The largest absolute Gasteiger partial charge is 0.493 e. The van der Waals surface area contributed by atoms with Crippen molar-refractivity contribution in [2.75, 3.05) is 44.7 Å². The van der Waals surface area contributed by atoms with Crippen LogP contribution in [0.5, 0.6) is 17.2 Å². The van der Waals surface area contributed by atoms with Crippen LogP contribution in [0.2, 0.25) is 0 Å². The first kappa shape index (κ1) is 22.9. The van der Waals surface area contributed by atoms with Gasteiger partial charge in [-0.05, 0) is 37.1 Å². The molecule has 1 saturated heterocycles. The molecular formula is C23H26N2O7. The molecule has 1 aliphatic rings. The van der Waals surface area contributed by atoms with Gasteiger partial charge >= 0.3 is 5.97 Å². The second-order valence-electron chi connectivity index (χ2n) is 7.09. The summed E-state index contributed by atoms with van der Waals surface area (Å²) in [7, 11) is 4.42. The molecule has 1 N–H and O–H groups in total. The van der Waals surface area contributed by atoms with E-state index in [2.05, 4.69) is 5.32 Å². The van der Waals surface area contributed by atoms with Crippen LogP contribution in [0.1, 0.15) is 29.6 Å². The zero-order valence-corrected chi connectivity index (χ0v) is 18.3. The third kappa shape index (κ3) is 5.29. The van der Waals surface area contributed by atoms with E-state index in [-0.39, 0.29) is 5.91 Å². The van der Waals surface area contributed by atoms with Crippen LogP contribution in [0.25, 0.3) is 0 Å². The van der Waals surface area contributed by atoms with Crippen molar-refractivity contribution in [1.82, 2.24) is 0 Å². The minimum atomic E-state index is -0.637. The van der Waals surface area contributed by atoms with Crippen LogP contribution in [0.3, 0.4) is 0 Å². The van der Waals surface area contributed by atoms with Gasteiger partial charge in [0.2, 0.25) is 11.7 Å². The Morgan fingerprint density at radius 3 is 2.19 bits per heavy atom. The van der Waals surface area contributed by atoms with Crippen LogP contribution in [-0.4, -0.2) is 52.3 Å². The molecule has 170 valence electrons. The summed E-state index contributed by atoms with van der Waals surface area (Å²) in [4.78, 5) is 38.3. The van der Waals surface area contributed by atoms with Crippen LogP contribution in [0.4, 0.5) is 11.4 Å². The lowest BCUT2D eigenvalue weighted by molar-refractivity contribution is -0.120. The summed E-state index contributed by atoms with van der Waals surface area (Å²) in [6.45, 7) is 0.200. The molecule has 0 aliphatic carbocycles. The van der Waals surface area contributed by atoms with Crippen LogP contribution in [0.15, 0.2) is 36.4 Å². The Labute approximate surface area is 186 Å². The molecule has 3 rings (SSSR count). The average Bonchev–Trinajstić information content (AvgIpc) is 2.82. The number of nitrogens with one attached hydrogen (secondary N) is 1. The zero-order chi connectivity index (χ0) is 23.1. The highest BCUT2D eigenvalue weighted by Crippen LogP contribution is 2.39. The number of hydrogen-bond donors (Lipinski definition) is 1. The molecule has 0 saturated carbocycles. The maximum Gasteiger partial charge on any atom is 0.338 e. The monoisotopic (exact) mass is 442 g/mol. The van der Waals surface area contributed by atoms with Gasteiger partial charge in [0, 0.05) is 36.5 Å². The van der Waals surface area contributed by atoms with Gasteiger partial charge in [-0.3, -0.25) is 9.59 Å². The number of carbonyl (C=O) groups excluding carboxylic acids is 3. The van der Waals surface area contributed by atoms with Gasteiger partial charge in [-0.25, -0.2) is 4.79 Å². The van der Waals surface area contributed by atoms with E-state index in [0.717, 1.165) is 18.5 Å². The first-order valence-corrected chi connectivity index (χ1v) is 10.1. The zero-order valence-electron chi connectivity index (χ0n) is 18.3. The highest BCUT2D eigenvalue weighted by atomic mass is 16.5. The second kappa shape index (κ2) is 10.5. The quantitative estimate of drug-likeness (QED) is 0.627. The number of anilines is 2. The lowest BCUT2D eigenvalue weighted by Crippen LogP contribution is -2.35. The summed E-state index contributed by atoms with van der Waals surface area (Å²) in [5.41, 5.74) is 1.43. The number of nitrogens with zero attached hydrogens (tertiary/aromatic N) is 1. The Hall–Kier alpha value is -3.75. The van der Waals surface area contributed by atoms with Gasteiger partial charge in [0.15, 0.2) is 18.1 Å². The van der Waals surface area contributed by atoms with E-state index in [0.29, 0.717) is 41.5 Å². The molecule has 0 bridgehead atoms. The predicted molar refractivity (Wildman–Crippen MR) is 118 cm³/mol. The number of piperidine rings is 1. The van der Waals surface area contributed by atoms with E-state index < -0.39 is 18.5 Å². The Balaban J connectivity index is 1.58. The van der Waals surface area contributed by atoms with Crippen LogP contribution < -0.4 is 24.4 Å². The third-order valence-corrected chi connectivity index (χ3v) is 5.02. The predicted octanol–water partition coefficient (Wildman–Crippen LogP) is 3.02. The van der Waals surface area contributed by atoms with Gasteiger partial charge in [0.05, 0.1) is 26.9 Å². The van der Waals surface area contributed by atoms with Crippen molar-refractivity contribution < 1.29 is 33.3 Å². The molecule has 0 unspecified atom stereocenters. The summed E-state index contributed by atoms with van der Waals surface area (Å²) in [6, 6.07) is 9.71. The first-order valence-electron chi connectivity index (χ1n) is 10.1. The number of rotatable bonds is 8. The fraction of sp³-hybridized carbons (Fsp3) is 0.348. The van der Waals surface area contributed by atoms with E-state index in [4.69, 9.17) is 18.9 Å². The molecular weight excluding hydrogens is 416 g/mol. The van der Waals surface area contributed by atoms with E-state index >= 15 is 0 Å². The Morgan fingerprint density at radius 2 is 1.62 bits per heavy atom. The first-order chi connectivity index (χ1) is 15.5. The Kier molecular flexibility index (Phi) is 7.54. The van der Waals surface area contributed by atoms with Crippen molar-refractivity contribution in [2.45, 2.75) is 19.3 Å². The third-order valence-electron chi connectivity index (χ3n) is 5.02. The van der Waals surface area contributed by atoms with Gasteiger partial charge in [-0.15, -0.1) is 0 Å². The smallest absolute Gasteiger partial charge is 0.338 e. The fourth-order valence-corrected chi connectivity index (χ4v) is 3.42. The highest BCUT2D eigenvalue weighted by molar-refractivity contribution is 5.97. The van der Waals surface area contributed by atoms with Crippen molar-refractivity contribution in [1.29, 1.82) is 0 Å². The van der Waals surface area contributed by atoms with Gasteiger partial charge in [-0.1, -0.05) is 0 Å². The summed E-state index contributed by atoms with van der Waals surface area (Å²) >= 11 is 0. The number of carbonyl (C=O) groups is 3. The molecule has 2 aromatic carbocycles. The minimum Gasteiger partial charge on any atom is -0.493 e. The molecule has 2 amide bonds. The molecule has 0 radical (unpaired) electrons. The fourth-order valence-electron chi connectivity index (χ4n) is 3.42. The summed E-state index contributed by atoms with van der Waals surface area (Å²) < 4.78 is 20.9. The summed E-state index contributed by atoms with van der Waals surface area (Å²) in [6.07, 6.45) is 2.39. The lowest BCUT2D eigenvalue weighted by atomic mass is 10.1. The number of methoxy groups -OCH3 is 3. The van der Waals surface area contributed by atoms with Gasteiger partial charge in [0.1, 0.15) is 0 Å². The standard InChI is InChI=1S/C23H26N2O7/c1-29-18-12-16(13-19(30-2)22(18)31-3)24-20(26)14-32-23(28)15-7-9-17(10-8-15)25-11-5-4-6-21(25)27/h7-10,12-13H,4-6,11,14H2,1-3H3,(H,24,26). The number of amides is 2. The Bertz CT molecular complexity index is 963. The Morgan fingerprint density at radius 1 is 0.969 bits per heavy atom. The molecule has 32 heavy (non-hydrogen) atoms. The normalized spacial score (nSPS) is 13.3. The van der Waals surface area contributed by atoms with E-state index in [1.54, 1.807) is 41.3 Å². The maximum absolute atomic E-state index is 12.3. The van der Waals surface area contributed by atoms with Crippen molar-refractivity contribution in [3.63, 3.8) is 0 Å². The topological polar surface area (TPSA) is 103 Å². The molecule has 2 aromatic rings. The summed E-state index contributed by atoms with van der Waals surface area (Å²) in [5.74, 6) is 0.0757. The molecule has 1 fully saturated rings. The molecule has 9 nitrogen and oxygen atoms in total. The minimum absolute atomic E-state index is 0.0787. The number of esters is 1. The van der Waals surface area contributed by atoms with Crippen molar-refractivity contribution in [3.8, 4) is 17.2 Å². The molecule has 0 aromatic heterocycles. The van der Waals surface area contributed by atoms with Crippen LogP contribution in [0, 0.1) is 0 Å². The molecule has 0 spiro atoms. The van der Waals surface area contributed by atoms with Crippen molar-refractivity contribution in [3.05, 3.63) is 42.0 Å². The molecule has 0 atom stereocenters. The summed E-state index contributed by atoms with van der Waals surface area (Å²) in [5, 5.41) is 2.63. The van der Waals surface area contributed by atoms with Crippen molar-refractivity contribution >= 4 is 29.2 Å². The number of benzene rings is 2. The van der Waals surface area contributed by atoms with E-state index in [1.165, 1.54) is 21.3 Å². The van der Waals surface area contributed by atoms with Crippen LogP contribution in [-0.2, 0) is 14.3 Å². The average molecular weight is 442 g/mol. The van der Waals surface area contributed by atoms with E-state index in [1.807, 2.05) is 0 Å². The van der Waals surface area contributed by atoms with Crippen molar-refractivity contribution in [2.24, 2.45) is 0 Å². The second-order valence-corrected chi connectivity index (χ2v) is 7.09. The maximum atomic E-state index is 12.3. The lowest BCUT2D eigenvalue weighted by Gasteiger charge is -2.26. The van der Waals surface area contributed by atoms with Gasteiger partial charge < -0.3 is 29.2 Å². The van der Waals surface area contributed by atoms with Gasteiger partial charge in [-0.2, -0.15) is 0 Å².